The molecule has 0 aliphatic heterocycles. The van der Waals surface area contributed by atoms with Crippen LogP contribution in [-0.4, -0.2) is 32.3 Å². The second-order valence-electron chi connectivity index (χ2n) is 11.3. The topological polar surface area (TPSA) is 117 Å². The molecule has 3 fully saturated rings. The van der Waals surface area contributed by atoms with Crippen LogP contribution < -0.4 is 16.0 Å². The third kappa shape index (κ3) is 5.34. The summed E-state index contributed by atoms with van der Waals surface area (Å²) < 4.78 is 27.9. The van der Waals surface area contributed by atoms with E-state index in [-0.39, 0.29) is 35.7 Å². The van der Waals surface area contributed by atoms with Crippen molar-refractivity contribution in [2.24, 2.45) is 10.8 Å². The normalized spacial score (nSPS) is 21.2. The van der Waals surface area contributed by atoms with Crippen LogP contribution in [0.2, 0.25) is 0 Å². The van der Waals surface area contributed by atoms with Gasteiger partial charge in [0.25, 0.3) is 5.91 Å². The average molecular weight is 573 g/mol. The first-order valence-corrected chi connectivity index (χ1v) is 14.0. The van der Waals surface area contributed by atoms with Crippen LogP contribution in [0.3, 0.4) is 0 Å². The van der Waals surface area contributed by atoms with Crippen LogP contribution >= 0.6 is 0 Å². The maximum Gasteiger partial charge on any atom is 0.270 e. The maximum atomic E-state index is 13.7. The Balaban J connectivity index is 1.11. The van der Waals surface area contributed by atoms with Crippen LogP contribution in [0.4, 0.5) is 14.6 Å². The van der Waals surface area contributed by atoms with Crippen LogP contribution in [0, 0.1) is 22.5 Å². The van der Waals surface area contributed by atoms with E-state index in [0.717, 1.165) is 11.1 Å². The molecule has 2 heterocycles. The van der Waals surface area contributed by atoms with Gasteiger partial charge in [0.05, 0.1) is 6.20 Å². The molecule has 9 nitrogen and oxygen atoms in total. The molecule has 2 bridgehead atoms. The summed E-state index contributed by atoms with van der Waals surface area (Å²) in [5.41, 5.74) is 0.949. The summed E-state index contributed by atoms with van der Waals surface area (Å²) in [6.07, 6.45) is 5.04. The fourth-order valence-electron chi connectivity index (χ4n) is 6.08. The number of anilines is 1. The highest BCUT2D eigenvalue weighted by Gasteiger charge is 2.55. The minimum absolute atomic E-state index is 0.0239. The highest BCUT2D eigenvalue weighted by atomic mass is 19.1. The molecule has 3 aliphatic rings. The highest BCUT2D eigenvalue weighted by molar-refractivity contribution is 5.98. The molecule has 4 aromatic rings. The lowest BCUT2D eigenvalue weighted by molar-refractivity contribution is -0.148. The second kappa shape index (κ2) is 11.0. The number of rotatable bonds is 8. The van der Waals surface area contributed by atoms with Crippen molar-refractivity contribution in [2.75, 3.05) is 5.32 Å². The lowest BCUT2D eigenvalue weighted by Gasteiger charge is -2.51. The number of halogens is 2. The average Bonchev–Trinajstić information content (AvgIpc) is 3.50. The molecule has 3 amide bonds. The first kappa shape index (κ1) is 27.5. The molecular weight excluding hydrogens is 542 g/mol. The van der Waals surface area contributed by atoms with E-state index in [4.69, 9.17) is 0 Å². The van der Waals surface area contributed by atoms with E-state index < -0.39 is 16.7 Å². The van der Waals surface area contributed by atoms with Crippen molar-refractivity contribution in [3.05, 3.63) is 95.3 Å². The molecule has 11 heteroatoms. The number of nitrogens with one attached hydrogen (secondary N) is 3. The van der Waals surface area contributed by atoms with Gasteiger partial charge in [-0.15, -0.1) is 0 Å². The van der Waals surface area contributed by atoms with Gasteiger partial charge in [0.1, 0.15) is 23.1 Å². The highest BCUT2D eigenvalue weighted by Crippen LogP contribution is 2.57. The first-order valence-electron chi connectivity index (χ1n) is 14.0. The monoisotopic (exact) mass is 572 g/mol. The third-order valence-electron chi connectivity index (χ3n) is 8.78. The maximum absolute atomic E-state index is 13.7. The molecule has 0 radical (unpaired) electrons. The van der Waals surface area contributed by atoms with Gasteiger partial charge in [-0.25, -0.2) is 13.8 Å². The van der Waals surface area contributed by atoms with Crippen molar-refractivity contribution in [3.63, 3.8) is 0 Å². The van der Waals surface area contributed by atoms with E-state index in [9.17, 15) is 23.2 Å². The van der Waals surface area contributed by atoms with Crippen LogP contribution in [0.15, 0.2) is 66.9 Å². The van der Waals surface area contributed by atoms with Crippen molar-refractivity contribution >= 4 is 29.2 Å². The number of carbonyl (C=O) groups is 3. The number of aromatic nitrogens is 3. The summed E-state index contributed by atoms with van der Waals surface area (Å²) >= 11 is 0. The number of hydrogen-bond donors (Lipinski definition) is 3. The van der Waals surface area contributed by atoms with Gasteiger partial charge >= 0.3 is 0 Å². The molecule has 3 saturated carbocycles. The minimum Gasteiger partial charge on any atom is -0.352 e. The summed E-state index contributed by atoms with van der Waals surface area (Å²) in [4.78, 5) is 44.2. The SMILES string of the molecule is O=C(NCc1ccc(F)cc1)c1cc(NC(=O)C23CCC(C(=O)NCc4ccc(F)cc4)(CC2)CC3)n2nccc2n1. The van der Waals surface area contributed by atoms with Crippen LogP contribution in [0.25, 0.3) is 5.65 Å². The molecule has 216 valence electrons. The van der Waals surface area contributed by atoms with Gasteiger partial charge in [-0.2, -0.15) is 9.61 Å². The van der Waals surface area contributed by atoms with Gasteiger partial charge < -0.3 is 16.0 Å². The summed E-state index contributed by atoms with van der Waals surface area (Å²) in [5, 5.41) is 13.0. The fraction of sp³-hybridized carbons (Fsp3) is 0.323. The molecule has 7 rings (SSSR count). The second-order valence-corrected chi connectivity index (χ2v) is 11.3. The van der Waals surface area contributed by atoms with E-state index in [1.165, 1.54) is 41.0 Å². The van der Waals surface area contributed by atoms with E-state index in [1.54, 1.807) is 30.3 Å². The molecule has 0 atom stereocenters. The van der Waals surface area contributed by atoms with Crippen LogP contribution in [0.5, 0.6) is 0 Å². The predicted octanol–water partition coefficient (Wildman–Crippen LogP) is 4.53. The largest absolute Gasteiger partial charge is 0.352 e. The molecule has 3 N–H and O–H groups in total. The quantitative estimate of drug-likeness (QED) is 0.287. The number of benzene rings is 2. The standard InChI is InChI=1S/C31H30F2N6O3/c32-22-5-1-20(2-6-22)18-34-27(40)24-17-26(39-25(37-24)9-16-36-39)38-29(42)31-13-10-30(11-14-31,12-15-31)28(41)35-19-21-3-7-23(33)8-4-21/h1-9,16-17H,10-15,18-19H2,(H,34,40)(H,35,41)(H,38,42). The smallest absolute Gasteiger partial charge is 0.270 e. The number of fused-ring (bicyclic) bond motifs is 4. The van der Waals surface area contributed by atoms with Crippen molar-refractivity contribution in [1.82, 2.24) is 25.2 Å². The van der Waals surface area contributed by atoms with E-state index in [0.29, 0.717) is 56.5 Å². The summed E-state index contributed by atoms with van der Waals surface area (Å²) in [6.45, 7) is 0.517. The summed E-state index contributed by atoms with van der Waals surface area (Å²) in [6, 6.07) is 15.0. The molecular formula is C31H30F2N6O3. The Labute approximate surface area is 240 Å². The molecule has 3 aliphatic carbocycles. The van der Waals surface area contributed by atoms with Crippen molar-refractivity contribution < 1.29 is 23.2 Å². The van der Waals surface area contributed by atoms with E-state index >= 15 is 0 Å². The van der Waals surface area contributed by atoms with Gasteiger partial charge in [0, 0.05) is 36.1 Å². The first-order chi connectivity index (χ1) is 20.3. The van der Waals surface area contributed by atoms with Crippen molar-refractivity contribution in [3.8, 4) is 0 Å². The Bertz CT molecular complexity index is 1630. The fourth-order valence-corrected chi connectivity index (χ4v) is 6.08. The van der Waals surface area contributed by atoms with Gasteiger partial charge in [-0.3, -0.25) is 14.4 Å². The number of hydrogen-bond acceptors (Lipinski definition) is 5. The molecule has 2 aromatic carbocycles. The van der Waals surface area contributed by atoms with Crippen molar-refractivity contribution in [2.45, 2.75) is 51.6 Å². The number of carbonyl (C=O) groups excluding carboxylic acids is 3. The third-order valence-corrected chi connectivity index (χ3v) is 8.78. The van der Waals surface area contributed by atoms with Crippen LogP contribution in [0.1, 0.15) is 60.1 Å². The molecule has 2 aromatic heterocycles. The zero-order valence-corrected chi connectivity index (χ0v) is 22.8. The predicted molar refractivity (Wildman–Crippen MR) is 150 cm³/mol. The lowest BCUT2D eigenvalue weighted by atomic mass is 9.53. The van der Waals surface area contributed by atoms with Crippen molar-refractivity contribution in [1.29, 1.82) is 0 Å². The van der Waals surface area contributed by atoms with Gasteiger partial charge in [-0.05, 0) is 73.9 Å². The van der Waals surface area contributed by atoms with Crippen LogP contribution in [-0.2, 0) is 22.7 Å². The minimum atomic E-state index is -0.618. The Morgan fingerprint density at radius 2 is 1.26 bits per heavy atom. The molecule has 0 saturated heterocycles. The van der Waals surface area contributed by atoms with Gasteiger partial charge in [-0.1, -0.05) is 24.3 Å². The van der Waals surface area contributed by atoms with Gasteiger partial charge in [0.15, 0.2) is 5.65 Å². The molecule has 0 spiro atoms. The Kier molecular flexibility index (Phi) is 7.17. The van der Waals surface area contributed by atoms with E-state index in [2.05, 4.69) is 26.0 Å². The lowest BCUT2D eigenvalue weighted by Crippen LogP contribution is -2.53. The molecule has 0 unspecified atom stereocenters. The number of amides is 3. The Hall–Kier alpha value is -4.67. The Morgan fingerprint density at radius 1 is 0.738 bits per heavy atom. The summed E-state index contributed by atoms with van der Waals surface area (Å²) in [7, 11) is 0. The zero-order chi connectivity index (χ0) is 29.3. The zero-order valence-electron chi connectivity index (χ0n) is 22.8. The summed E-state index contributed by atoms with van der Waals surface area (Å²) in [5.74, 6) is -0.976. The Morgan fingerprint density at radius 3 is 1.83 bits per heavy atom. The van der Waals surface area contributed by atoms with Gasteiger partial charge in [0.2, 0.25) is 11.8 Å². The molecule has 42 heavy (non-hydrogen) atoms. The number of nitrogens with zero attached hydrogens (tertiary/aromatic N) is 3. The van der Waals surface area contributed by atoms with E-state index in [1.807, 2.05) is 0 Å².